The largest absolute Gasteiger partial charge is 0.387 e. The van der Waals surface area contributed by atoms with E-state index < -0.39 is 12.0 Å². The van der Waals surface area contributed by atoms with Crippen molar-refractivity contribution in [3.63, 3.8) is 0 Å². The maximum atomic E-state index is 12.6. The van der Waals surface area contributed by atoms with Gasteiger partial charge in [-0.15, -0.1) is 11.3 Å². The van der Waals surface area contributed by atoms with Gasteiger partial charge in [0.2, 0.25) is 0 Å². The Bertz CT molecular complexity index is 815. The fourth-order valence-electron chi connectivity index (χ4n) is 2.37. The summed E-state index contributed by atoms with van der Waals surface area (Å²) in [6, 6.07) is 20.2. The van der Waals surface area contributed by atoms with Crippen LogP contribution in [0.1, 0.15) is 21.3 Å². The number of aliphatic hydroxyl groups excluding tert-OH is 1. The minimum Gasteiger partial charge on any atom is -0.387 e. The molecule has 0 aliphatic heterocycles. The maximum absolute atomic E-state index is 12.6. The predicted octanol–water partition coefficient (Wildman–Crippen LogP) is 3.96. The van der Waals surface area contributed by atoms with Crippen molar-refractivity contribution in [3.05, 3.63) is 71.1 Å². The van der Waals surface area contributed by atoms with Gasteiger partial charge < -0.3 is 5.11 Å². The topological polar surface area (TPSA) is 61.1 Å². The monoisotopic (exact) mass is 307 g/mol. The lowest BCUT2D eigenvalue weighted by molar-refractivity contribution is 0.0780. The number of nitriles is 1. The quantitative estimate of drug-likeness (QED) is 0.742. The number of rotatable bonds is 4. The van der Waals surface area contributed by atoms with Crippen LogP contribution in [0.3, 0.4) is 0 Å². The van der Waals surface area contributed by atoms with E-state index in [0.717, 1.165) is 10.1 Å². The van der Waals surface area contributed by atoms with Crippen LogP contribution < -0.4 is 0 Å². The zero-order valence-corrected chi connectivity index (χ0v) is 12.5. The average molecular weight is 307 g/mol. The van der Waals surface area contributed by atoms with Crippen molar-refractivity contribution in [2.75, 3.05) is 0 Å². The van der Waals surface area contributed by atoms with E-state index in [1.165, 1.54) is 11.3 Å². The Labute approximate surface area is 132 Å². The van der Waals surface area contributed by atoms with Crippen molar-refractivity contribution >= 4 is 27.2 Å². The molecule has 0 spiro atoms. The van der Waals surface area contributed by atoms with Crippen LogP contribution in [-0.2, 0) is 0 Å². The van der Waals surface area contributed by atoms with Gasteiger partial charge >= 0.3 is 0 Å². The summed E-state index contributed by atoms with van der Waals surface area (Å²) in [6.45, 7) is 0. The van der Waals surface area contributed by atoms with Crippen molar-refractivity contribution in [3.8, 4) is 6.07 Å². The van der Waals surface area contributed by atoms with E-state index in [1.807, 2.05) is 36.4 Å². The van der Waals surface area contributed by atoms with E-state index in [0.29, 0.717) is 10.4 Å². The van der Waals surface area contributed by atoms with E-state index in [-0.39, 0.29) is 5.78 Å². The third kappa shape index (κ3) is 2.64. The van der Waals surface area contributed by atoms with Gasteiger partial charge in [-0.1, -0.05) is 48.5 Å². The van der Waals surface area contributed by atoms with E-state index in [2.05, 4.69) is 0 Å². The second kappa shape index (κ2) is 6.10. The molecule has 2 aromatic carbocycles. The van der Waals surface area contributed by atoms with Crippen molar-refractivity contribution < 1.29 is 9.90 Å². The van der Waals surface area contributed by atoms with Crippen LogP contribution in [0.2, 0.25) is 0 Å². The first-order valence-corrected chi connectivity index (χ1v) is 7.68. The van der Waals surface area contributed by atoms with E-state index in [1.54, 1.807) is 30.3 Å². The first-order valence-electron chi connectivity index (χ1n) is 6.86. The highest BCUT2D eigenvalue weighted by atomic mass is 32.1. The van der Waals surface area contributed by atoms with Crippen LogP contribution in [-0.4, -0.2) is 10.9 Å². The van der Waals surface area contributed by atoms with Crippen molar-refractivity contribution in [1.29, 1.82) is 5.26 Å². The van der Waals surface area contributed by atoms with Crippen molar-refractivity contribution in [1.82, 2.24) is 0 Å². The number of hydrogen-bond donors (Lipinski definition) is 1. The molecule has 108 valence electrons. The van der Waals surface area contributed by atoms with Crippen LogP contribution in [0.25, 0.3) is 10.1 Å². The molecule has 3 rings (SSSR count). The highest BCUT2D eigenvalue weighted by molar-refractivity contribution is 7.20. The first kappa shape index (κ1) is 14.5. The number of aliphatic hydroxyl groups is 1. The second-order valence-electron chi connectivity index (χ2n) is 4.98. The number of thiophene rings is 1. The molecule has 1 heterocycles. The molecule has 2 unspecified atom stereocenters. The summed E-state index contributed by atoms with van der Waals surface area (Å²) in [7, 11) is 0. The number of Topliss-reactive ketones (excluding diaryl/α,β-unsaturated/α-hetero) is 1. The molecule has 0 aliphatic carbocycles. The molecule has 0 fully saturated rings. The van der Waals surface area contributed by atoms with Gasteiger partial charge in [0, 0.05) is 4.70 Å². The minimum atomic E-state index is -1.12. The van der Waals surface area contributed by atoms with Gasteiger partial charge in [-0.25, -0.2) is 0 Å². The number of nitrogens with zero attached hydrogens (tertiary/aromatic N) is 1. The number of carbonyl (C=O) groups excluding carboxylic acids is 1. The van der Waals surface area contributed by atoms with Gasteiger partial charge in [0.05, 0.1) is 10.9 Å². The lowest BCUT2D eigenvalue weighted by Gasteiger charge is -2.15. The Morgan fingerprint density at radius 1 is 1.09 bits per heavy atom. The summed E-state index contributed by atoms with van der Waals surface area (Å²) in [5.74, 6) is -1.43. The summed E-state index contributed by atoms with van der Waals surface area (Å²) in [6.07, 6.45) is -1.12. The zero-order valence-electron chi connectivity index (χ0n) is 11.6. The van der Waals surface area contributed by atoms with Gasteiger partial charge in [-0.05, 0) is 23.1 Å². The molecule has 4 heteroatoms. The smallest absolute Gasteiger partial charge is 0.192 e. The molecule has 22 heavy (non-hydrogen) atoms. The standard InChI is InChI=1S/C18H13NO2S/c19-11-14(17(20)12-6-2-1-3-7-12)18(21)16-10-13-8-4-5-9-15(13)22-16/h1-10,14,17,20H. The Kier molecular flexibility index (Phi) is 4.01. The van der Waals surface area contributed by atoms with Crippen molar-refractivity contribution in [2.24, 2.45) is 5.92 Å². The molecule has 0 bridgehead atoms. The third-order valence-electron chi connectivity index (χ3n) is 3.55. The summed E-state index contributed by atoms with van der Waals surface area (Å²) in [5, 5.41) is 20.7. The molecule has 3 aromatic rings. The molecule has 3 nitrogen and oxygen atoms in total. The number of fused-ring (bicyclic) bond motifs is 1. The summed E-state index contributed by atoms with van der Waals surface area (Å²) >= 11 is 1.35. The molecule has 1 N–H and O–H groups in total. The highest BCUT2D eigenvalue weighted by Crippen LogP contribution is 2.31. The van der Waals surface area contributed by atoms with Gasteiger partial charge in [0.25, 0.3) is 0 Å². The Balaban J connectivity index is 1.93. The lowest BCUT2D eigenvalue weighted by Crippen LogP contribution is -2.20. The SMILES string of the molecule is N#CC(C(=O)c1cc2ccccc2s1)C(O)c1ccccc1. The molecule has 0 aliphatic rings. The number of ketones is 1. The van der Waals surface area contributed by atoms with Crippen LogP contribution >= 0.6 is 11.3 Å². The molecular formula is C18H13NO2S. The predicted molar refractivity (Wildman–Crippen MR) is 86.7 cm³/mol. The van der Waals surface area contributed by atoms with Crippen LogP contribution in [0.15, 0.2) is 60.7 Å². The van der Waals surface area contributed by atoms with E-state index in [4.69, 9.17) is 0 Å². The normalized spacial score (nSPS) is 13.5. The fraction of sp³-hybridized carbons (Fsp3) is 0.111. The Morgan fingerprint density at radius 2 is 1.77 bits per heavy atom. The van der Waals surface area contributed by atoms with Gasteiger partial charge in [0.1, 0.15) is 12.0 Å². The second-order valence-corrected chi connectivity index (χ2v) is 6.06. The molecule has 0 radical (unpaired) electrons. The molecular weight excluding hydrogens is 294 g/mol. The van der Waals surface area contributed by atoms with Crippen LogP contribution in [0, 0.1) is 17.2 Å². The van der Waals surface area contributed by atoms with Crippen molar-refractivity contribution in [2.45, 2.75) is 6.10 Å². The van der Waals surface area contributed by atoms with E-state index in [9.17, 15) is 15.2 Å². The van der Waals surface area contributed by atoms with E-state index >= 15 is 0 Å². The van der Waals surface area contributed by atoms with Crippen LogP contribution in [0.5, 0.6) is 0 Å². The molecule has 0 saturated heterocycles. The fourth-order valence-corrected chi connectivity index (χ4v) is 3.41. The first-order chi connectivity index (χ1) is 10.7. The summed E-state index contributed by atoms with van der Waals surface area (Å²) in [4.78, 5) is 13.1. The molecule has 1 aromatic heterocycles. The Morgan fingerprint density at radius 3 is 2.45 bits per heavy atom. The number of carbonyl (C=O) groups is 1. The summed E-state index contributed by atoms with van der Waals surface area (Å²) < 4.78 is 0.997. The molecule has 2 atom stereocenters. The summed E-state index contributed by atoms with van der Waals surface area (Å²) in [5.41, 5.74) is 0.573. The van der Waals surface area contributed by atoms with Gasteiger partial charge in [0.15, 0.2) is 5.78 Å². The zero-order chi connectivity index (χ0) is 15.5. The number of benzene rings is 2. The minimum absolute atomic E-state index is 0.333. The maximum Gasteiger partial charge on any atom is 0.192 e. The third-order valence-corrected chi connectivity index (χ3v) is 4.68. The lowest BCUT2D eigenvalue weighted by atomic mass is 9.92. The molecule has 0 saturated carbocycles. The molecule has 0 amide bonds. The van der Waals surface area contributed by atoms with Crippen LogP contribution in [0.4, 0.5) is 0 Å². The van der Waals surface area contributed by atoms with Gasteiger partial charge in [-0.2, -0.15) is 5.26 Å². The average Bonchev–Trinajstić information content (AvgIpc) is 3.00. The highest BCUT2D eigenvalue weighted by Gasteiger charge is 2.29. The number of hydrogen-bond acceptors (Lipinski definition) is 4. The Hall–Kier alpha value is -2.48. The van der Waals surface area contributed by atoms with Gasteiger partial charge in [-0.3, -0.25) is 4.79 Å².